The summed E-state index contributed by atoms with van der Waals surface area (Å²) in [6.45, 7) is 3.36. The maximum absolute atomic E-state index is 13.5. The van der Waals surface area contributed by atoms with E-state index in [-0.39, 0.29) is 28.5 Å². The second-order valence-corrected chi connectivity index (χ2v) is 15.9. The zero-order valence-electron chi connectivity index (χ0n) is 25.9. The molecule has 2 saturated heterocycles. The van der Waals surface area contributed by atoms with Gasteiger partial charge in [0.15, 0.2) is 24.0 Å². The van der Waals surface area contributed by atoms with Gasteiger partial charge in [-0.3, -0.25) is 14.9 Å². The van der Waals surface area contributed by atoms with Gasteiger partial charge in [0.2, 0.25) is 0 Å². The number of fused-ring (bicyclic) bond motifs is 2. The quantitative estimate of drug-likeness (QED) is 0.0555. The number of alkyl carbamates (subject to hydrolysis) is 1. The van der Waals surface area contributed by atoms with Crippen molar-refractivity contribution in [1.29, 1.82) is 0 Å². The van der Waals surface area contributed by atoms with Crippen molar-refractivity contribution in [3.63, 3.8) is 0 Å². The highest BCUT2D eigenvalue weighted by Crippen LogP contribution is 2.40. The summed E-state index contributed by atoms with van der Waals surface area (Å²) >= 11 is 4.33. The molecule has 0 saturated carbocycles. The molecule has 0 aromatic carbocycles. The van der Waals surface area contributed by atoms with Gasteiger partial charge in [0.25, 0.3) is 0 Å². The molecule has 0 unspecified atom stereocenters. The second-order valence-electron chi connectivity index (χ2n) is 10.9. The predicted molar refractivity (Wildman–Crippen MR) is 180 cm³/mol. The van der Waals surface area contributed by atoms with E-state index in [1.54, 1.807) is 19.9 Å². The number of rotatable bonds is 10. The molecule has 0 radical (unpaired) electrons. The van der Waals surface area contributed by atoms with E-state index in [1.165, 1.54) is 43.6 Å². The highest BCUT2D eigenvalue weighted by molar-refractivity contribution is 9.09. The molecule has 13 nitrogen and oxygen atoms in total. The molecule has 0 spiro atoms. The molecule has 4 aliphatic rings. The van der Waals surface area contributed by atoms with Crippen LogP contribution in [-0.2, 0) is 28.6 Å². The fraction of sp³-hybridized carbons (Fsp3) is 0.600. The number of amides is 1. The van der Waals surface area contributed by atoms with Gasteiger partial charge in [-0.05, 0) is 42.1 Å². The fourth-order valence-electron chi connectivity index (χ4n) is 5.31. The summed E-state index contributed by atoms with van der Waals surface area (Å²) in [5.41, 5.74) is 0.688. The van der Waals surface area contributed by atoms with E-state index in [0.717, 1.165) is 7.11 Å². The minimum absolute atomic E-state index is 0.00662. The molecule has 2 bridgehead atoms. The molecule has 17 heteroatoms. The summed E-state index contributed by atoms with van der Waals surface area (Å²) in [7, 11) is 5.64. The molecule has 11 atom stereocenters. The van der Waals surface area contributed by atoms with Gasteiger partial charge >= 0.3 is 6.09 Å². The van der Waals surface area contributed by atoms with Crippen LogP contribution in [0.3, 0.4) is 0 Å². The summed E-state index contributed by atoms with van der Waals surface area (Å²) in [6, 6.07) is -0.957. The van der Waals surface area contributed by atoms with Gasteiger partial charge in [-0.2, -0.15) is 18.1 Å². The van der Waals surface area contributed by atoms with Crippen molar-refractivity contribution in [3.8, 4) is 23.7 Å². The van der Waals surface area contributed by atoms with Crippen LogP contribution in [0.1, 0.15) is 26.7 Å². The Hall–Kier alpha value is -1.68. The molecule has 2 heterocycles. The Morgan fingerprint density at radius 3 is 2.64 bits per heavy atom. The number of hydroxylamine groups is 1. The van der Waals surface area contributed by atoms with Gasteiger partial charge in [-0.25, -0.2) is 4.79 Å². The number of Topliss-reactive ketones (excluding diaryl/α,β-unsaturated/α-hetero) is 1. The molecule has 6 N–H and O–H groups in total. The van der Waals surface area contributed by atoms with Crippen LogP contribution in [0.5, 0.6) is 0 Å². The third-order valence-electron chi connectivity index (χ3n) is 7.72. The Kier molecular flexibility index (Phi) is 14.0. The van der Waals surface area contributed by atoms with E-state index in [2.05, 4.69) is 47.1 Å². The van der Waals surface area contributed by atoms with Crippen molar-refractivity contribution in [1.82, 2.24) is 10.8 Å². The van der Waals surface area contributed by atoms with Crippen LogP contribution in [-0.4, -0.2) is 118 Å². The fourth-order valence-corrected chi connectivity index (χ4v) is 7.91. The Morgan fingerprint density at radius 1 is 1.19 bits per heavy atom. The first-order valence-corrected chi connectivity index (χ1v) is 19.1. The zero-order valence-corrected chi connectivity index (χ0v) is 29.3. The normalized spacial score (nSPS) is 37.8. The number of carbonyl (C=O) groups excluding carboxylic acids is 2. The molecule has 0 aromatic heterocycles. The summed E-state index contributed by atoms with van der Waals surface area (Å²) in [6.07, 6.45) is -3.71. The standard InChI is InChI=1S/C30H38N2O11S4/c1-15-23(32-43-21-13-18(33)27(44)16(2)40-21)25(35)26(36)28(41-15)42-20-9-7-5-6-8-11-30(38)14-19(34)24(31-29(37)39-3)22(20)17(30)10-12-46-47-45-4/h5-6,10,15-16,18,20-21,23,25-28,32-33,35-36,38,44H,12-14H2,1-4H3,(H,31,37)/b6-5?,17-10+/t15-,16-,18+,20+,21+,23-,25+,26-,27-,28+,30+/m1/s1. The molecular weight excluding hydrogens is 693 g/mol. The summed E-state index contributed by atoms with van der Waals surface area (Å²) in [5.74, 6) is 10.8. The number of carbonyl (C=O) groups is 2. The number of hydrogen-bond donors (Lipinski definition) is 7. The van der Waals surface area contributed by atoms with Crippen LogP contribution in [0.2, 0.25) is 0 Å². The Morgan fingerprint density at radius 2 is 1.94 bits per heavy atom. The molecule has 2 aliphatic heterocycles. The average molecular weight is 731 g/mol. The molecule has 0 aromatic rings. The van der Waals surface area contributed by atoms with Gasteiger partial charge in [0, 0.05) is 23.3 Å². The van der Waals surface area contributed by atoms with E-state index >= 15 is 0 Å². The van der Waals surface area contributed by atoms with E-state index < -0.39 is 79.1 Å². The van der Waals surface area contributed by atoms with Crippen LogP contribution in [0.25, 0.3) is 0 Å². The summed E-state index contributed by atoms with van der Waals surface area (Å²) < 4.78 is 22.6. The van der Waals surface area contributed by atoms with Crippen molar-refractivity contribution >= 4 is 55.9 Å². The lowest BCUT2D eigenvalue weighted by Gasteiger charge is -2.43. The highest BCUT2D eigenvalue weighted by atomic mass is 33.5. The minimum Gasteiger partial charge on any atom is -0.453 e. The summed E-state index contributed by atoms with van der Waals surface area (Å²) in [4.78, 5) is 31.5. The molecule has 1 amide bonds. The number of methoxy groups -OCH3 is 1. The average Bonchev–Trinajstić information content (AvgIpc) is 3.03. The smallest absolute Gasteiger partial charge is 0.411 e. The van der Waals surface area contributed by atoms with Crippen LogP contribution in [0.4, 0.5) is 4.79 Å². The number of nitrogens with one attached hydrogen (secondary N) is 2. The minimum atomic E-state index is -1.96. The van der Waals surface area contributed by atoms with E-state index in [4.69, 9.17) is 23.8 Å². The SMILES string of the molecule is COC(=O)NC1=C2/C(=C\CSSSC)[C@](O)(C#CC=CC#C[C@@H]2O[C@@H]2O[C@H](C)[C@@H](NO[C@H]3C[C@H](O)[C@H](S)[C@@H](C)O3)[C@H](O)[C@H]2O)CC1=O. The Balaban J connectivity index is 1.64. The Labute approximate surface area is 290 Å². The van der Waals surface area contributed by atoms with Gasteiger partial charge in [0.05, 0.1) is 48.8 Å². The maximum Gasteiger partial charge on any atom is 0.411 e. The molecular formula is C30H38N2O11S4. The van der Waals surface area contributed by atoms with Crippen LogP contribution in [0, 0.1) is 23.7 Å². The third kappa shape index (κ3) is 9.31. The van der Waals surface area contributed by atoms with Crippen molar-refractivity contribution in [2.45, 2.75) is 92.8 Å². The molecule has 258 valence electrons. The number of allylic oxidation sites excluding steroid dienone is 3. The monoisotopic (exact) mass is 730 g/mol. The van der Waals surface area contributed by atoms with Crippen molar-refractivity contribution in [2.24, 2.45) is 0 Å². The van der Waals surface area contributed by atoms with Gasteiger partial charge in [-0.15, -0.1) is 0 Å². The number of aliphatic hydroxyl groups is 4. The van der Waals surface area contributed by atoms with Crippen molar-refractivity contribution in [2.75, 3.05) is 19.1 Å². The third-order valence-corrected chi connectivity index (χ3v) is 12.2. The van der Waals surface area contributed by atoms with E-state index in [1.807, 2.05) is 6.26 Å². The first-order chi connectivity index (χ1) is 22.4. The predicted octanol–water partition coefficient (Wildman–Crippen LogP) is 0.999. The number of aliphatic hydroxyl groups excluding tert-OH is 3. The zero-order chi connectivity index (χ0) is 34.3. The molecule has 2 aliphatic carbocycles. The highest BCUT2D eigenvalue weighted by Gasteiger charge is 2.49. The second kappa shape index (κ2) is 17.3. The first-order valence-electron chi connectivity index (χ1n) is 14.6. The lowest BCUT2D eigenvalue weighted by atomic mass is 9.75. The number of thiol groups is 1. The van der Waals surface area contributed by atoms with Crippen LogP contribution >= 0.6 is 44.0 Å². The van der Waals surface area contributed by atoms with E-state index in [9.17, 15) is 30.0 Å². The molecule has 47 heavy (non-hydrogen) atoms. The van der Waals surface area contributed by atoms with Crippen molar-refractivity contribution < 1.29 is 53.8 Å². The van der Waals surface area contributed by atoms with Gasteiger partial charge in [0.1, 0.15) is 18.3 Å². The number of ketones is 1. The largest absolute Gasteiger partial charge is 0.453 e. The first kappa shape index (κ1) is 38.1. The van der Waals surface area contributed by atoms with Crippen molar-refractivity contribution in [3.05, 3.63) is 35.1 Å². The topological polar surface area (TPSA) is 185 Å². The Bertz CT molecular complexity index is 1380. The lowest BCUT2D eigenvalue weighted by molar-refractivity contribution is -0.301. The van der Waals surface area contributed by atoms with Crippen LogP contribution in [0.15, 0.2) is 35.1 Å². The molecule has 4 rings (SSSR count). The number of hydrogen-bond acceptors (Lipinski definition) is 16. The van der Waals surface area contributed by atoms with E-state index in [0.29, 0.717) is 5.75 Å². The van der Waals surface area contributed by atoms with Crippen LogP contribution < -0.4 is 10.8 Å². The van der Waals surface area contributed by atoms with Gasteiger partial charge < -0.3 is 39.4 Å². The maximum atomic E-state index is 13.5. The van der Waals surface area contributed by atoms with Gasteiger partial charge in [-0.1, -0.05) is 51.3 Å². The summed E-state index contributed by atoms with van der Waals surface area (Å²) in [5, 5.41) is 46.3. The lowest BCUT2D eigenvalue weighted by Crippen LogP contribution is -2.63. The molecule has 2 fully saturated rings. The number of ether oxygens (including phenoxy) is 4.